The molecule has 0 atom stereocenters. The minimum atomic E-state index is -1.47. The van der Waals surface area contributed by atoms with E-state index in [9.17, 15) is 13.6 Å². The van der Waals surface area contributed by atoms with Crippen LogP contribution >= 0.6 is 11.6 Å². The molecule has 0 aliphatic carbocycles. The summed E-state index contributed by atoms with van der Waals surface area (Å²) in [7, 11) is 0. The van der Waals surface area contributed by atoms with Crippen molar-refractivity contribution < 1.29 is 18.7 Å². The molecule has 1 aromatic rings. The van der Waals surface area contributed by atoms with Crippen LogP contribution in [0.1, 0.15) is 0 Å². The Hall–Kier alpha value is -1.36. The third kappa shape index (κ3) is 2.29. The zero-order chi connectivity index (χ0) is 10.0. The summed E-state index contributed by atoms with van der Waals surface area (Å²) in [5.41, 5.74) is -0.464. The van der Waals surface area contributed by atoms with Gasteiger partial charge >= 0.3 is 6.09 Å². The van der Waals surface area contributed by atoms with Crippen LogP contribution in [-0.2, 0) is 0 Å². The Morgan fingerprint density at radius 1 is 1.38 bits per heavy atom. The third-order valence-electron chi connectivity index (χ3n) is 1.25. The summed E-state index contributed by atoms with van der Waals surface area (Å²) in [5.74, 6) is -1.80. The SMILES string of the molecule is O=C(O)Nc1cc(F)c(Cl)cc1F. The van der Waals surface area contributed by atoms with Crippen molar-refractivity contribution in [3.8, 4) is 0 Å². The molecule has 13 heavy (non-hydrogen) atoms. The number of hydrogen-bond acceptors (Lipinski definition) is 1. The Balaban J connectivity index is 3.08. The van der Waals surface area contributed by atoms with Crippen LogP contribution in [-0.4, -0.2) is 11.2 Å². The van der Waals surface area contributed by atoms with Crippen molar-refractivity contribution in [2.75, 3.05) is 5.32 Å². The number of carboxylic acid groups (broad SMARTS) is 1. The van der Waals surface area contributed by atoms with Gasteiger partial charge < -0.3 is 5.11 Å². The first-order chi connectivity index (χ1) is 6.00. The van der Waals surface area contributed by atoms with E-state index in [1.165, 1.54) is 0 Å². The average molecular weight is 208 g/mol. The van der Waals surface area contributed by atoms with Gasteiger partial charge in [-0.3, -0.25) is 5.32 Å². The van der Waals surface area contributed by atoms with E-state index in [1.807, 2.05) is 0 Å². The van der Waals surface area contributed by atoms with Crippen molar-refractivity contribution >= 4 is 23.4 Å². The maximum absolute atomic E-state index is 12.8. The lowest BCUT2D eigenvalue weighted by atomic mass is 10.3. The molecule has 1 rings (SSSR count). The normalized spacial score (nSPS) is 9.77. The number of rotatable bonds is 1. The first-order valence-electron chi connectivity index (χ1n) is 3.15. The maximum Gasteiger partial charge on any atom is 0.409 e. The van der Waals surface area contributed by atoms with Gasteiger partial charge in [0, 0.05) is 6.07 Å². The lowest BCUT2D eigenvalue weighted by Crippen LogP contribution is -2.09. The van der Waals surface area contributed by atoms with E-state index >= 15 is 0 Å². The molecule has 0 aromatic heterocycles. The Bertz CT molecular complexity index is 357. The largest absolute Gasteiger partial charge is 0.465 e. The van der Waals surface area contributed by atoms with Gasteiger partial charge in [-0.2, -0.15) is 0 Å². The highest BCUT2D eigenvalue weighted by Crippen LogP contribution is 2.22. The van der Waals surface area contributed by atoms with Gasteiger partial charge in [0.25, 0.3) is 0 Å². The van der Waals surface area contributed by atoms with E-state index < -0.39 is 28.4 Å². The molecule has 2 N–H and O–H groups in total. The van der Waals surface area contributed by atoms with Crippen molar-refractivity contribution in [1.82, 2.24) is 0 Å². The molecule has 0 unspecified atom stereocenters. The monoisotopic (exact) mass is 207 g/mol. The number of carbonyl (C=O) groups is 1. The van der Waals surface area contributed by atoms with E-state index in [0.717, 1.165) is 0 Å². The van der Waals surface area contributed by atoms with E-state index in [0.29, 0.717) is 12.1 Å². The minimum absolute atomic E-state index is 0.395. The zero-order valence-electron chi connectivity index (χ0n) is 6.14. The molecular weight excluding hydrogens is 204 g/mol. The van der Waals surface area contributed by atoms with Crippen LogP contribution < -0.4 is 5.32 Å². The van der Waals surface area contributed by atoms with Crippen molar-refractivity contribution in [2.24, 2.45) is 0 Å². The number of halogens is 3. The van der Waals surface area contributed by atoms with Crippen molar-refractivity contribution in [3.63, 3.8) is 0 Å². The fourth-order valence-electron chi connectivity index (χ4n) is 0.734. The second-order valence-electron chi connectivity index (χ2n) is 2.18. The summed E-state index contributed by atoms with van der Waals surface area (Å²) in [6, 6.07) is 1.37. The lowest BCUT2D eigenvalue weighted by Gasteiger charge is -2.03. The molecule has 0 aliphatic heterocycles. The first kappa shape index (κ1) is 9.73. The topological polar surface area (TPSA) is 49.3 Å². The van der Waals surface area contributed by atoms with Gasteiger partial charge in [0.2, 0.25) is 0 Å². The summed E-state index contributed by atoms with van der Waals surface area (Å²) >= 11 is 5.23. The molecule has 3 nitrogen and oxygen atoms in total. The Kier molecular flexibility index (Phi) is 2.67. The number of benzene rings is 1. The molecule has 0 radical (unpaired) electrons. The smallest absolute Gasteiger partial charge is 0.409 e. The van der Waals surface area contributed by atoms with Gasteiger partial charge in [0.1, 0.15) is 11.6 Å². The second-order valence-corrected chi connectivity index (χ2v) is 2.58. The van der Waals surface area contributed by atoms with Gasteiger partial charge in [-0.25, -0.2) is 13.6 Å². The summed E-state index contributed by atoms with van der Waals surface area (Å²) in [6.07, 6.45) is -1.47. The molecule has 70 valence electrons. The first-order valence-corrected chi connectivity index (χ1v) is 3.53. The van der Waals surface area contributed by atoms with E-state index in [-0.39, 0.29) is 0 Å². The van der Waals surface area contributed by atoms with Gasteiger partial charge in [0.05, 0.1) is 10.7 Å². The molecule has 6 heteroatoms. The predicted octanol–water partition coefficient (Wildman–Crippen LogP) is 2.71. The number of hydrogen-bond donors (Lipinski definition) is 2. The highest BCUT2D eigenvalue weighted by molar-refractivity contribution is 6.30. The Morgan fingerprint density at radius 2 is 2.00 bits per heavy atom. The lowest BCUT2D eigenvalue weighted by molar-refractivity contribution is 0.209. The van der Waals surface area contributed by atoms with Crippen molar-refractivity contribution in [2.45, 2.75) is 0 Å². The molecule has 0 saturated carbocycles. The van der Waals surface area contributed by atoms with Gasteiger partial charge in [-0.15, -0.1) is 0 Å². The zero-order valence-corrected chi connectivity index (χ0v) is 6.90. The van der Waals surface area contributed by atoms with Gasteiger partial charge in [-0.05, 0) is 6.07 Å². The molecule has 1 amide bonds. The predicted molar refractivity (Wildman–Crippen MR) is 43.0 cm³/mol. The molecule has 1 aromatic carbocycles. The van der Waals surface area contributed by atoms with Crippen molar-refractivity contribution in [3.05, 3.63) is 28.8 Å². The van der Waals surface area contributed by atoms with Gasteiger partial charge in [0.15, 0.2) is 0 Å². The van der Waals surface area contributed by atoms with Crippen LogP contribution in [0.5, 0.6) is 0 Å². The summed E-state index contributed by atoms with van der Waals surface area (Å²) < 4.78 is 25.5. The van der Waals surface area contributed by atoms with Crippen LogP contribution in [0.15, 0.2) is 12.1 Å². The third-order valence-corrected chi connectivity index (χ3v) is 1.54. The van der Waals surface area contributed by atoms with Crippen LogP contribution in [0.4, 0.5) is 19.3 Å². The number of amides is 1. The maximum atomic E-state index is 12.8. The Labute approximate surface area is 76.9 Å². The quantitative estimate of drug-likeness (QED) is 0.696. The Morgan fingerprint density at radius 3 is 2.54 bits per heavy atom. The van der Waals surface area contributed by atoms with E-state index in [4.69, 9.17) is 16.7 Å². The molecule has 0 spiro atoms. The average Bonchev–Trinajstić information content (AvgIpc) is 1.99. The number of anilines is 1. The van der Waals surface area contributed by atoms with E-state index in [2.05, 4.69) is 0 Å². The molecule has 0 saturated heterocycles. The second kappa shape index (κ2) is 3.57. The molecule has 0 bridgehead atoms. The standard InChI is InChI=1S/C7H4ClF2NO2/c8-3-1-5(10)6(2-4(3)9)11-7(12)13/h1-2,11H,(H,12,13). The fraction of sp³-hybridized carbons (Fsp3) is 0. The van der Waals surface area contributed by atoms with Gasteiger partial charge in [-0.1, -0.05) is 11.6 Å². The molecule has 0 fully saturated rings. The molecular formula is C7H4ClF2NO2. The number of nitrogens with one attached hydrogen (secondary N) is 1. The summed E-state index contributed by atoms with van der Waals surface area (Å²) in [6.45, 7) is 0. The summed E-state index contributed by atoms with van der Waals surface area (Å²) in [4.78, 5) is 10.1. The molecule has 0 heterocycles. The van der Waals surface area contributed by atoms with Crippen LogP contribution in [0, 0.1) is 11.6 Å². The fourth-order valence-corrected chi connectivity index (χ4v) is 0.884. The van der Waals surface area contributed by atoms with Crippen LogP contribution in [0.2, 0.25) is 5.02 Å². The highest BCUT2D eigenvalue weighted by Gasteiger charge is 2.09. The summed E-state index contributed by atoms with van der Waals surface area (Å²) in [5, 5.41) is 9.51. The van der Waals surface area contributed by atoms with E-state index in [1.54, 1.807) is 5.32 Å². The van der Waals surface area contributed by atoms with Crippen LogP contribution in [0.3, 0.4) is 0 Å². The molecule has 0 aliphatic rings. The highest BCUT2D eigenvalue weighted by atomic mass is 35.5. The minimum Gasteiger partial charge on any atom is -0.465 e. The van der Waals surface area contributed by atoms with Crippen molar-refractivity contribution in [1.29, 1.82) is 0 Å². The van der Waals surface area contributed by atoms with Crippen LogP contribution in [0.25, 0.3) is 0 Å².